The Bertz CT molecular complexity index is 860. The zero-order valence-electron chi connectivity index (χ0n) is 10.1. The van der Waals surface area contributed by atoms with Crippen LogP contribution in [-0.4, -0.2) is 23.2 Å². The fraction of sp³-hybridized carbons (Fsp3) is 0.0769. The highest BCUT2D eigenvalue weighted by molar-refractivity contribution is 7.22. The molecule has 0 bridgehead atoms. The maximum absolute atomic E-state index is 13.7. The van der Waals surface area contributed by atoms with E-state index in [0.717, 1.165) is 23.5 Å². The number of aromatic nitrogens is 1. The average molecular weight is 295 g/mol. The number of aromatic hydroxyl groups is 1. The van der Waals surface area contributed by atoms with E-state index in [1.165, 1.54) is 13.3 Å². The first-order chi connectivity index (χ1) is 9.52. The Kier molecular flexibility index (Phi) is 2.79. The van der Waals surface area contributed by atoms with E-state index in [9.17, 15) is 18.7 Å². The molecule has 4 nitrogen and oxygen atoms in total. The van der Waals surface area contributed by atoms with E-state index >= 15 is 0 Å². The van der Waals surface area contributed by atoms with Crippen LogP contribution >= 0.6 is 11.3 Å². The minimum atomic E-state index is -0.797. The van der Waals surface area contributed by atoms with Crippen LogP contribution in [0.5, 0.6) is 5.75 Å². The highest BCUT2D eigenvalue weighted by Gasteiger charge is 2.21. The van der Waals surface area contributed by atoms with Crippen LogP contribution in [0.25, 0.3) is 21.0 Å². The molecule has 0 aliphatic rings. The van der Waals surface area contributed by atoms with E-state index in [4.69, 9.17) is 0 Å². The average Bonchev–Trinajstić information content (AvgIpc) is 2.76. The zero-order chi connectivity index (χ0) is 14.4. The summed E-state index contributed by atoms with van der Waals surface area (Å²) in [6.45, 7) is 0. The Labute approximate surface area is 115 Å². The van der Waals surface area contributed by atoms with Crippen LogP contribution in [0, 0.1) is 11.6 Å². The van der Waals surface area contributed by atoms with Gasteiger partial charge in [0.1, 0.15) is 17.1 Å². The summed E-state index contributed by atoms with van der Waals surface area (Å²) in [5.74, 6) is -2.56. The van der Waals surface area contributed by atoms with E-state index in [1.54, 1.807) is 0 Å². The minimum Gasteiger partial charge on any atom is -0.505 e. The molecular weight excluding hydrogens is 288 g/mol. The van der Waals surface area contributed by atoms with E-state index in [0.29, 0.717) is 4.70 Å². The topological polar surface area (TPSA) is 59.4 Å². The van der Waals surface area contributed by atoms with Gasteiger partial charge in [0.25, 0.3) is 0 Å². The van der Waals surface area contributed by atoms with E-state index in [2.05, 4.69) is 9.72 Å². The normalized spacial score (nSPS) is 11.2. The molecule has 0 amide bonds. The van der Waals surface area contributed by atoms with Gasteiger partial charge in [-0.2, -0.15) is 0 Å². The first-order valence-electron chi connectivity index (χ1n) is 5.50. The predicted molar refractivity (Wildman–Crippen MR) is 70.0 cm³/mol. The van der Waals surface area contributed by atoms with Gasteiger partial charge in [0.05, 0.1) is 17.2 Å². The first-order valence-corrected chi connectivity index (χ1v) is 6.32. The number of nitrogens with zero attached hydrogens (tertiary/aromatic N) is 1. The molecule has 7 heteroatoms. The Morgan fingerprint density at radius 2 is 2.10 bits per heavy atom. The largest absolute Gasteiger partial charge is 0.505 e. The second kappa shape index (κ2) is 4.38. The van der Waals surface area contributed by atoms with Crippen molar-refractivity contribution in [3.8, 4) is 5.75 Å². The Morgan fingerprint density at radius 3 is 2.80 bits per heavy atom. The maximum Gasteiger partial charge on any atom is 0.351 e. The molecular formula is C13H7F2NO3S. The fourth-order valence-corrected chi connectivity index (χ4v) is 3.09. The predicted octanol–water partition coefficient (Wildman–Crippen LogP) is 3.22. The lowest BCUT2D eigenvalue weighted by atomic mass is 10.1. The summed E-state index contributed by atoms with van der Waals surface area (Å²) >= 11 is 0.906. The number of thiophene rings is 1. The summed E-state index contributed by atoms with van der Waals surface area (Å²) < 4.78 is 31.9. The van der Waals surface area contributed by atoms with Gasteiger partial charge in [-0.25, -0.2) is 13.6 Å². The van der Waals surface area contributed by atoms with Crippen molar-refractivity contribution < 1.29 is 23.4 Å². The van der Waals surface area contributed by atoms with Crippen molar-refractivity contribution in [3.05, 3.63) is 34.8 Å². The number of benzene rings is 1. The van der Waals surface area contributed by atoms with Gasteiger partial charge < -0.3 is 9.84 Å². The van der Waals surface area contributed by atoms with Gasteiger partial charge in [-0.1, -0.05) is 0 Å². The number of methoxy groups -OCH3 is 1. The quantitative estimate of drug-likeness (QED) is 0.700. The molecule has 0 aliphatic heterocycles. The molecule has 0 saturated carbocycles. The van der Waals surface area contributed by atoms with Crippen molar-refractivity contribution >= 4 is 38.3 Å². The number of halogens is 2. The summed E-state index contributed by atoms with van der Waals surface area (Å²) in [6, 6.07) is 1.85. The molecule has 0 fully saturated rings. The number of carbonyl (C=O) groups is 1. The van der Waals surface area contributed by atoms with E-state index in [1.807, 2.05) is 0 Å². The number of hydrogen-bond acceptors (Lipinski definition) is 5. The number of ether oxygens (including phenoxy) is 1. The van der Waals surface area contributed by atoms with Gasteiger partial charge >= 0.3 is 5.97 Å². The van der Waals surface area contributed by atoms with Gasteiger partial charge in [0, 0.05) is 17.6 Å². The van der Waals surface area contributed by atoms with Gasteiger partial charge in [-0.05, 0) is 6.07 Å². The van der Waals surface area contributed by atoms with Gasteiger partial charge in [-0.3, -0.25) is 4.98 Å². The van der Waals surface area contributed by atoms with Gasteiger partial charge in [0.15, 0.2) is 10.7 Å². The van der Waals surface area contributed by atoms with Crippen LogP contribution in [0.4, 0.5) is 8.78 Å². The molecule has 20 heavy (non-hydrogen) atoms. The summed E-state index contributed by atoms with van der Waals surface area (Å²) in [7, 11) is 1.18. The smallest absolute Gasteiger partial charge is 0.351 e. The SMILES string of the molecule is COC(=O)c1sc2c(cnc3c(F)cc(F)cc32)c1O. The Morgan fingerprint density at radius 1 is 1.35 bits per heavy atom. The van der Waals surface area contributed by atoms with E-state index < -0.39 is 17.6 Å². The molecule has 1 aromatic carbocycles. The Balaban J connectivity index is 2.45. The molecule has 0 saturated heterocycles. The van der Waals surface area contributed by atoms with Crippen LogP contribution in [0.2, 0.25) is 0 Å². The summed E-state index contributed by atoms with van der Waals surface area (Å²) in [6.07, 6.45) is 1.25. The van der Waals surface area contributed by atoms with Crippen LogP contribution < -0.4 is 0 Å². The number of hydrogen-bond donors (Lipinski definition) is 1. The highest BCUT2D eigenvalue weighted by Crippen LogP contribution is 2.40. The van der Waals surface area contributed by atoms with Crippen LogP contribution in [0.3, 0.4) is 0 Å². The Hall–Kier alpha value is -2.28. The second-order valence-electron chi connectivity index (χ2n) is 4.06. The van der Waals surface area contributed by atoms with Gasteiger partial charge in [0.2, 0.25) is 0 Å². The molecule has 0 spiro atoms. The molecule has 0 radical (unpaired) electrons. The van der Waals surface area contributed by atoms with Crippen LogP contribution in [0.1, 0.15) is 9.67 Å². The number of pyridine rings is 1. The molecule has 2 aromatic heterocycles. The molecule has 102 valence electrons. The summed E-state index contributed by atoms with van der Waals surface area (Å²) in [5.41, 5.74) is -0.0171. The van der Waals surface area contributed by atoms with Gasteiger partial charge in [-0.15, -0.1) is 11.3 Å². The number of carbonyl (C=O) groups excluding carboxylic acids is 1. The molecule has 0 atom stereocenters. The molecule has 2 heterocycles. The summed E-state index contributed by atoms with van der Waals surface area (Å²) in [4.78, 5) is 15.4. The zero-order valence-corrected chi connectivity index (χ0v) is 10.9. The molecule has 1 N–H and O–H groups in total. The third kappa shape index (κ3) is 1.70. The van der Waals surface area contributed by atoms with Crippen molar-refractivity contribution in [2.45, 2.75) is 0 Å². The molecule has 0 unspecified atom stereocenters. The van der Waals surface area contributed by atoms with Crippen LogP contribution in [0.15, 0.2) is 18.3 Å². The third-order valence-corrected chi connectivity index (χ3v) is 4.09. The van der Waals surface area contributed by atoms with Crippen molar-refractivity contribution in [1.29, 1.82) is 0 Å². The second-order valence-corrected chi connectivity index (χ2v) is 5.08. The maximum atomic E-state index is 13.7. The lowest BCUT2D eigenvalue weighted by Gasteiger charge is -2.00. The number of esters is 1. The fourth-order valence-electron chi connectivity index (χ4n) is 1.99. The van der Waals surface area contributed by atoms with Crippen LogP contribution in [-0.2, 0) is 4.74 Å². The number of fused-ring (bicyclic) bond motifs is 3. The van der Waals surface area contributed by atoms with E-state index in [-0.39, 0.29) is 26.9 Å². The third-order valence-electron chi connectivity index (χ3n) is 2.89. The highest BCUT2D eigenvalue weighted by atomic mass is 32.1. The minimum absolute atomic E-state index is 0.0171. The molecule has 0 aliphatic carbocycles. The lowest BCUT2D eigenvalue weighted by molar-refractivity contribution is 0.0603. The standard InChI is InChI=1S/C13H7F2NO3S/c1-19-13(18)12-10(17)7-4-16-9-6(11(7)20-12)2-5(14)3-8(9)15/h2-4,17H,1H3. The summed E-state index contributed by atoms with van der Waals surface area (Å²) in [5, 5.41) is 10.4. The van der Waals surface area contributed by atoms with Crippen molar-refractivity contribution in [1.82, 2.24) is 4.98 Å². The monoisotopic (exact) mass is 295 g/mol. The van der Waals surface area contributed by atoms with Crippen molar-refractivity contribution in [3.63, 3.8) is 0 Å². The van der Waals surface area contributed by atoms with Crippen molar-refractivity contribution in [2.24, 2.45) is 0 Å². The van der Waals surface area contributed by atoms with Crippen molar-refractivity contribution in [2.75, 3.05) is 7.11 Å². The molecule has 3 aromatic rings. The first kappa shape index (κ1) is 12.7. The molecule has 3 rings (SSSR count). The lowest BCUT2D eigenvalue weighted by Crippen LogP contribution is -1.97. The number of rotatable bonds is 1.